The van der Waals surface area contributed by atoms with Gasteiger partial charge < -0.3 is 4.57 Å². The van der Waals surface area contributed by atoms with Gasteiger partial charge in [-0.05, 0) is 88.5 Å². The summed E-state index contributed by atoms with van der Waals surface area (Å²) in [4.78, 5) is 11.7. The van der Waals surface area contributed by atoms with Gasteiger partial charge in [0.25, 0.3) is 0 Å². The van der Waals surface area contributed by atoms with E-state index in [1.807, 2.05) is 34.0 Å². The first-order valence-corrected chi connectivity index (χ1v) is 25.2. The summed E-state index contributed by atoms with van der Waals surface area (Å²) < 4.78 is 10.3. The van der Waals surface area contributed by atoms with Crippen LogP contribution in [-0.2, 0) is 6.42 Å². The normalized spacial score (nSPS) is 12.7. The zero-order chi connectivity index (χ0) is 43.5. The summed E-state index contributed by atoms with van der Waals surface area (Å²) in [7, 11) is 0. The van der Waals surface area contributed by atoms with Gasteiger partial charge in [0.1, 0.15) is 0 Å². The fourth-order valence-corrected chi connectivity index (χ4v) is 14.8. The third kappa shape index (κ3) is 5.09. The van der Waals surface area contributed by atoms with Crippen molar-refractivity contribution >= 4 is 138 Å². The van der Waals surface area contributed by atoms with Gasteiger partial charge in [0.05, 0.1) is 28.1 Å². The number of hydrogen-bond donors (Lipinski definition) is 0. The molecular weight excluding hydrogens is 871 g/mol. The molecule has 16 rings (SSSR count). The molecule has 0 amide bonds. The second-order valence-corrected chi connectivity index (χ2v) is 21.2. The molecule has 6 heteroatoms. The van der Waals surface area contributed by atoms with Crippen molar-refractivity contribution in [1.29, 1.82) is 0 Å². The molecule has 0 N–H and O–H groups in total. The highest BCUT2D eigenvalue weighted by atomic mass is 32.1. The van der Waals surface area contributed by atoms with Crippen LogP contribution in [0, 0.1) is 0 Å². The number of thiophene rings is 3. The first-order valence-electron chi connectivity index (χ1n) is 22.8. The lowest BCUT2D eigenvalue weighted by molar-refractivity contribution is 1.09. The highest BCUT2D eigenvalue weighted by molar-refractivity contribution is 7.27. The summed E-state index contributed by atoms with van der Waals surface area (Å²) in [5, 5.41) is 15.0. The van der Waals surface area contributed by atoms with Crippen LogP contribution in [0.3, 0.4) is 0 Å². The highest BCUT2D eigenvalue weighted by Crippen LogP contribution is 2.52. The number of benzene rings is 10. The van der Waals surface area contributed by atoms with E-state index in [9.17, 15) is 0 Å². The summed E-state index contributed by atoms with van der Waals surface area (Å²) in [5.41, 5.74) is 11.2. The van der Waals surface area contributed by atoms with Crippen molar-refractivity contribution in [3.63, 3.8) is 0 Å². The van der Waals surface area contributed by atoms with E-state index in [0.717, 1.165) is 39.5 Å². The molecule has 0 saturated carbocycles. The van der Waals surface area contributed by atoms with Crippen LogP contribution in [0.4, 0.5) is 0 Å². The van der Waals surface area contributed by atoms with Crippen molar-refractivity contribution < 1.29 is 0 Å². The second kappa shape index (κ2) is 13.4. The predicted octanol–water partition coefficient (Wildman–Crippen LogP) is 17.9. The smallest absolute Gasteiger partial charge is 0.160 e. The Morgan fingerprint density at radius 2 is 0.955 bits per heavy atom. The van der Waals surface area contributed by atoms with E-state index in [1.165, 1.54) is 115 Å². The first-order chi connectivity index (χ1) is 33.2. The van der Waals surface area contributed by atoms with Gasteiger partial charge in [0.2, 0.25) is 0 Å². The Hall–Kier alpha value is -7.74. The van der Waals surface area contributed by atoms with Crippen molar-refractivity contribution in [2.75, 3.05) is 0 Å². The van der Waals surface area contributed by atoms with Gasteiger partial charge in [-0.25, -0.2) is 9.97 Å². The quantitative estimate of drug-likeness (QED) is 0.173. The molecule has 0 aliphatic carbocycles. The number of hydrogen-bond acceptors (Lipinski definition) is 5. The Morgan fingerprint density at radius 1 is 0.388 bits per heavy atom. The lowest BCUT2D eigenvalue weighted by atomic mass is 9.89. The van der Waals surface area contributed by atoms with E-state index >= 15 is 0 Å². The van der Waals surface area contributed by atoms with Crippen LogP contribution in [0.2, 0.25) is 0 Å². The average molecular weight is 904 g/mol. The highest BCUT2D eigenvalue weighted by Gasteiger charge is 2.30. The van der Waals surface area contributed by atoms with Crippen LogP contribution >= 0.6 is 34.0 Å². The molecule has 67 heavy (non-hydrogen) atoms. The van der Waals surface area contributed by atoms with Crippen molar-refractivity contribution in [3.8, 4) is 39.6 Å². The van der Waals surface area contributed by atoms with Gasteiger partial charge in [-0.1, -0.05) is 121 Å². The van der Waals surface area contributed by atoms with Crippen LogP contribution < -0.4 is 0 Å². The molecule has 5 aromatic heterocycles. The monoisotopic (exact) mass is 903 g/mol. The predicted molar refractivity (Wildman–Crippen MR) is 289 cm³/mol. The molecule has 1 aliphatic rings. The third-order valence-electron chi connectivity index (χ3n) is 14.3. The maximum Gasteiger partial charge on any atom is 0.160 e. The molecule has 15 aromatic rings. The van der Waals surface area contributed by atoms with Crippen molar-refractivity contribution in [2.45, 2.75) is 6.42 Å². The lowest BCUT2D eigenvalue weighted by Crippen LogP contribution is -2.06. The van der Waals surface area contributed by atoms with Crippen LogP contribution in [0.5, 0.6) is 0 Å². The topological polar surface area (TPSA) is 30.7 Å². The number of fused-ring (bicyclic) bond motifs is 22. The maximum absolute atomic E-state index is 5.96. The van der Waals surface area contributed by atoms with E-state index in [0.29, 0.717) is 6.42 Å². The van der Waals surface area contributed by atoms with Gasteiger partial charge in [-0.2, -0.15) is 0 Å². The van der Waals surface area contributed by atoms with E-state index < -0.39 is 0 Å². The third-order valence-corrected chi connectivity index (χ3v) is 17.8. The molecule has 0 unspecified atom stereocenters. The van der Waals surface area contributed by atoms with Crippen LogP contribution in [-0.4, -0.2) is 14.5 Å². The minimum atomic E-state index is 0.664. The Bertz CT molecular complexity index is 4680. The SMILES string of the molecule is c1ccc2cc3c(cc2c1)c1ccc2cc1n3-c1c(c3ccccc3c3sc4ccccc4c13)-c1nc(-c3ccc4sc5ccccc5c4c3)nc(-c3ccc4sc5ccccc5c4c3)c1C2. The minimum Gasteiger partial charge on any atom is -0.308 e. The Morgan fingerprint density at radius 3 is 1.70 bits per heavy atom. The fraction of sp³-hybridized carbons (Fsp3) is 0.0164. The van der Waals surface area contributed by atoms with E-state index in [1.54, 1.807) is 0 Å². The van der Waals surface area contributed by atoms with Gasteiger partial charge in [-0.15, -0.1) is 34.0 Å². The van der Waals surface area contributed by atoms with Crippen LogP contribution in [0.15, 0.2) is 188 Å². The van der Waals surface area contributed by atoms with Gasteiger partial charge in [0.15, 0.2) is 5.82 Å². The molecule has 10 aromatic carbocycles. The van der Waals surface area contributed by atoms with Crippen LogP contribution in [0.25, 0.3) is 143 Å². The summed E-state index contributed by atoms with van der Waals surface area (Å²) in [6, 6.07) is 70.2. The van der Waals surface area contributed by atoms with Gasteiger partial charge in [-0.3, -0.25) is 0 Å². The Labute approximate surface area is 395 Å². The Kier molecular flexibility index (Phi) is 7.31. The number of aromatic nitrogens is 3. The molecule has 0 fully saturated rings. The number of rotatable bonds is 2. The molecule has 0 spiro atoms. The minimum absolute atomic E-state index is 0.664. The van der Waals surface area contributed by atoms with Gasteiger partial charge >= 0.3 is 0 Å². The average Bonchev–Trinajstić information content (AvgIpc) is 4.14. The molecular formula is C61H33N3S3. The van der Waals surface area contributed by atoms with Crippen molar-refractivity contribution in [2.24, 2.45) is 0 Å². The lowest BCUT2D eigenvalue weighted by Gasteiger charge is -2.22. The summed E-state index contributed by atoms with van der Waals surface area (Å²) in [5.74, 6) is 0.728. The first kappa shape index (κ1) is 36.5. The zero-order valence-corrected chi connectivity index (χ0v) is 38.1. The maximum atomic E-state index is 5.96. The van der Waals surface area contributed by atoms with E-state index in [4.69, 9.17) is 9.97 Å². The summed E-state index contributed by atoms with van der Waals surface area (Å²) in [6.45, 7) is 0. The summed E-state index contributed by atoms with van der Waals surface area (Å²) in [6.07, 6.45) is 0.664. The molecule has 3 nitrogen and oxygen atoms in total. The molecule has 2 bridgehead atoms. The van der Waals surface area contributed by atoms with Crippen LogP contribution in [0.1, 0.15) is 11.1 Å². The number of nitrogens with zero attached hydrogens (tertiary/aromatic N) is 3. The largest absolute Gasteiger partial charge is 0.308 e. The molecule has 0 radical (unpaired) electrons. The van der Waals surface area contributed by atoms with E-state index in [-0.39, 0.29) is 0 Å². The van der Waals surface area contributed by atoms with E-state index in [2.05, 4.69) is 193 Å². The molecule has 6 heterocycles. The summed E-state index contributed by atoms with van der Waals surface area (Å²) >= 11 is 5.60. The van der Waals surface area contributed by atoms with Crippen molar-refractivity contribution in [1.82, 2.24) is 14.5 Å². The molecule has 0 saturated heterocycles. The van der Waals surface area contributed by atoms with Gasteiger partial charge in [0, 0.05) is 105 Å². The second-order valence-electron chi connectivity index (χ2n) is 18.0. The zero-order valence-electron chi connectivity index (χ0n) is 35.7. The Balaban J connectivity index is 1.12. The van der Waals surface area contributed by atoms with Crippen molar-refractivity contribution in [3.05, 3.63) is 199 Å². The molecule has 1 aliphatic heterocycles. The molecule has 0 atom stereocenters. The fourth-order valence-electron chi connectivity index (χ4n) is 11.4. The standard InChI is InChI=1S/C61H33N3S3/c1-2-12-35-32-49-44(29-34(35)11-1)38-24-21-33-27-47-57(36-22-25-53-45(30-36)39-13-5-8-18-50(39)65-53)62-61(37-23-26-54-46(31-37)40-14-6-9-19-51(40)66-54)63-58(47)55-41-15-3-4-16-42(41)60-56(59(55)64(49)48(38)28-33)43-17-7-10-20-52(43)67-60/h1-26,28-32H,27H2. The molecule has 310 valence electrons.